The standard InChI is InChI=1S/C26H29N3O5/c1-33-22-9-5-8-21(14-22)24-25(20-6-3-2-4-7-20)28-29(26(32)27-24)15-18-10-12-19(13-11-18)16-34-17-23(30)31/h2-9,14,18-19H,10-13,15-17H2,1H3,(H,30,31)/t18-,19+. The number of ether oxygens (including phenoxy) is 2. The van der Waals surface area contributed by atoms with Gasteiger partial charge < -0.3 is 14.6 Å². The van der Waals surface area contributed by atoms with Crippen molar-refractivity contribution in [1.29, 1.82) is 0 Å². The van der Waals surface area contributed by atoms with E-state index in [9.17, 15) is 9.59 Å². The second kappa shape index (κ2) is 11.1. The highest BCUT2D eigenvalue weighted by molar-refractivity contribution is 5.77. The lowest BCUT2D eigenvalue weighted by molar-refractivity contribution is -0.142. The molecule has 1 aliphatic carbocycles. The molecule has 8 heteroatoms. The number of benzene rings is 2. The Morgan fingerprint density at radius 2 is 1.71 bits per heavy atom. The summed E-state index contributed by atoms with van der Waals surface area (Å²) in [5.74, 6) is 0.410. The van der Waals surface area contributed by atoms with Crippen molar-refractivity contribution in [2.75, 3.05) is 20.3 Å². The van der Waals surface area contributed by atoms with E-state index in [0.29, 0.717) is 42.1 Å². The Bertz CT molecular complexity index is 1170. The van der Waals surface area contributed by atoms with Gasteiger partial charge in [-0.15, -0.1) is 0 Å². The molecule has 0 bridgehead atoms. The van der Waals surface area contributed by atoms with Crippen LogP contribution in [0.15, 0.2) is 59.4 Å². The number of carbonyl (C=O) groups is 1. The zero-order valence-electron chi connectivity index (χ0n) is 19.2. The first-order chi connectivity index (χ1) is 16.5. The minimum Gasteiger partial charge on any atom is -0.497 e. The van der Waals surface area contributed by atoms with E-state index < -0.39 is 5.97 Å². The van der Waals surface area contributed by atoms with Crippen LogP contribution in [0, 0.1) is 11.8 Å². The number of aliphatic carboxylic acids is 1. The molecule has 1 heterocycles. The van der Waals surface area contributed by atoms with E-state index in [4.69, 9.17) is 19.7 Å². The summed E-state index contributed by atoms with van der Waals surface area (Å²) in [4.78, 5) is 28.1. The van der Waals surface area contributed by atoms with Crippen LogP contribution in [0.3, 0.4) is 0 Å². The van der Waals surface area contributed by atoms with Gasteiger partial charge in [-0.2, -0.15) is 10.1 Å². The van der Waals surface area contributed by atoms with E-state index >= 15 is 0 Å². The molecular formula is C26H29N3O5. The number of hydrogen-bond donors (Lipinski definition) is 1. The van der Waals surface area contributed by atoms with Gasteiger partial charge in [0.2, 0.25) is 0 Å². The largest absolute Gasteiger partial charge is 0.497 e. The van der Waals surface area contributed by atoms with Crippen LogP contribution < -0.4 is 10.4 Å². The lowest BCUT2D eigenvalue weighted by Gasteiger charge is -2.28. The molecule has 34 heavy (non-hydrogen) atoms. The molecule has 0 spiro atoms. The summed E-state index contributed by atoms with van der Waals surface area (Å²) in [5.41, 5.74) is 2.48. The maximum atomic E-state index is 13.0. The number of aromatic nitrogens is 3. The highest BCUT2D eigenvalue weighted by Crippen LogP contribution is 2.32. The Morgan fingerprint density at radius 1 is 1.00 bits per heavy atom. The molecule has 1 aromatic heterocycles. The average molecular weight is 464 g/mol. The first-order valence-corrected chi connectivity index (χ1v) is 11.5. The quantitative estimate of drug-likeness (QED) is 0.513. The van der Waals surface area contributed by atoms with Crippen molar-refractivity contribution >= 4 is 5.97 Å². The number of carboxylic acids is 1. The SMILES string of the molecule is COc1cccc(-c2nc(=O)n(C[C@H]3CC[C@@H](COCC(=O)O)CC3)nc2-c2ccccc2)c1. The fourth-order valence-electron chi connectivity index (χ4n) is 4.44. The van der Waals surface area contributed by atoms with Crippen molar-refractivity contribution in [2.24, 2.45) is 11.8 Å². The van der Waals surface area contributed by atoms with Crippen LogP contribution in [-0.2, 0) is 16.1 Å². The summed E-state index contributed by atoms with van der Waals surface area (Å²) in [6, 6.07) is 17.2. The Labute approximate surface area is 198 Å². The average Bonchev–Trinajstić information content (AvgIpc) is 2.86. The molecule has 178 valence electrons. The topological polar surface area (TPSA) is 104 Å². The van der Waals surface area contributed by atoms with Gasteiger partial charge >= 0.3 is 11.7 Å². The summed E-state index contributed by atoms with van der Waals surface area (Å²) in [7, 11) is 1.61. The van der Waals surface area contributed by atoms with E-state index in [2.05, 4.69) is 4.98 Å². The third kappa shape index (κ3) is 5.88. The van der Waals surface area contributed by atoms with Gasteiger partial charge in [0.15, 0.2) is 0 Å². The van der Waals surface area contributed by atoms with Gasteiger partial charge in [-0.05, 0) is 49.7 Å². The molecule has 1 fully saturated rings. The zero-order valence-corrected chi connectivity index (χ0v) is 19.2. The number of nitrogens with zero attached hydrogens (tertiary/aromatic N) is 3. The molecule has 0 radical (unpaired) electrons. The third-order valence-corrected chi connectivity index (χ3v) is 6.24. The van der Waals surface area contributed by atoms with Crippen LogP contribution in [-0.4, -0.2) is 46.2 Å². The van der Waals surface area contributed by atoms with E-state index in [1.165, 1.54) is 4.68 Å². The predicted molar refractivity (Wildman–Crippen MR) is 128 cm³/mol. The molecule has 1 aliphatic rings. The highest BCUT2D eigenvalue weighted by Gasteiger charge is 2.24. The molecule has 4 rings (SSSR count). The molecule has 0 atom stereocenters. The minimum absolute atomic E-state index is 0.257. The minimum atomic E-state index is -0.946. The van der Waals surface area contributed by atoms with Crippen LogP contribution in [0.25, 0.3) is 22.5 Å². The van der Waals surface area contributed by atoms with Crippen LogP contribution in [0.4, 0.5) is 0 Å². The van der Waals surface area contributed by atoms with Crippen LogP contribution in [0.5, 0.6) is 5.75 Å². The predicted octanol–water partition coefficient (Wildman–Crippen LogP) is 3.89. The lowest BCUT2D eigenvalue weighted by atomic mass is 9.82. The smallest absolute Gasteiger partial charge is 0.364 e. The number of hydrogen-bond acceptors (Lipinski definition) is 6. The number of methoxy groups -OCH3 is 1. The molecule has 0 aliphatic heterocycles. The number of carboxylic acid groups (broad SMARTS) is 1. The summed E-state index contributed by atoms with van der Waals surface area (Å²) in [5, 5.41) is 13.5. The Morgan fingerprint density at radius 3 is 2.41 bits per heavy atom. The van der Waals surface area contributed by atoms with Crippen molar-refractivity contribution in [3.63, 3.8) is 0 Å². The fraction of sp³-hybridized carbons (Fsp3) is 0.385. The molecule has 1 saturated carbocycles. The van der Waals surface area contributed by atoms with Gasteiger partial charge in [0, 0.05) is 17.7 Å². The van der Waals surface area contributed by atoms with Crippen molar-refractivity contribution < 1.29 is 19.4 Å². The molecule has 2 aromatic carbocycles. The molecule has 3 aromatic rings. The summed E-state index contributed by atoms with van der Waals surface area (Å²) >= 11 is 0. The molecule has 0 saturated heterocycles. The maximum Gasteiger partial charge on any atom is 0.364 e. The molecular weight excluding hydrogens is 434 g/mol. The van der Waals surface area contributed by atoms with Gasteiger partial charge in [0.25, 0.3) is 0 Å². The third-order valence-electron chi connectivity index (χ3n) is 6.24. The van der Waals surface area contributed by atoms with Crippen LogP contribution in [0.1, 0.15) is 25.7 Å². The molecule has 8 nitrogen and oxygen atoms in total. The first-order valence-electron chi connectivity index (χ1n) is 11.5. The second-order valence-electron chi connectivity index (χ2n) is 8.67. The van der Waals surface area contributed by atoms with Crippen molar-refractivity contribution in [2.45, 2.75) is 32.2 Å². The Kier molecular flexibility index (Phi) is 7.69. The van der Waals surface area contributed by atoms with Gasteiger partial charge in [0.1, 0.15) is 23.7 Å². The van der Waals surface area contributed by atoms with E-state index in [-0.39, 0.29) is 12.3 Å². The second-order valence-corrected chi connectivity index (χ2v) is 8.67. The molecule has 1 N–H and O–H groups in total. The Hall–Kier alpha value is -3.52. The zero-order chi connectivity index (χ0) is 23.9. The van der Waals surface area contributed by atoms with Crippen molar-refractivity contribution in [3.05, 3.63) is 65.1 Å². The van der Waals surface area contributed by atoms with Gasteiger partial charge in [-0.1, -0.05) is 42.5 Å². The van der Waals surface area contributed by atoms with Crippen molar-refractivity contribution in [3.8, 4) is 28.3 Å². The molecule has 0 amide bonds. The summed E-state index contributed by atoms with van der Waals surface area (Å²) in [6.45, 7) is 0.714. The van der Waals surface area contributed by atoms with Gasteiger partial charge in [-0.3, -0.25) is 0 Å². The van der Waals surface area contributed by atoms with Gasteiger partial charge in [-0.25, -0.2) is 14.3 Å². The first kappa shape index (κ1) is 23.6. The highest BCUT2D eigenvalue weighted by atomic mass is 16.5. The summed E-state index contributed by atoms with van der Waals surface area (Å²) < 4.78 is 12.1. The monoisotopic (exact) mass is 463 g/mol. The maximum absolute atomic E-state index is 13.0. The van der Waals surface area contributed by atoms with E-state index in [1.807, 2.05) is 54.6 Å². The van der Waals surface area contributed by atoms with Crippen LogP contribution in [0.2, 0.25) is 0 Å². The normalized spacial score (nSPS) is 17.9. The fourth-order valence-corrected chi connectivity index (χ4v) is 4.44. The lowest BCUT2D eigenvalue weighted by Crippen LogP contribution is -2.31. The van der Waals surface area contributed by atoms with Gasteiger partial charge in [0.05, 0.1) is 13.7 Å². The van der Waals surface area contributed by atoms with E-state index in [1.54, 1.807) is 7.11 Å². The van der Waals surface area contributed by atoms with Crippen molar-refractivity contribution in [1.82, 2.24) is 14.8 Å². The Balaban J connectivity index is 1.55. The summed E-state index contributed by atoms with van der Waals surface area (Å²) in [6.07, 6.45) is 3.76. The molecule has 0 unspecified atom stereocenters. The number of rotatable bonds is 9. The van der Waals surface area contributed by atoms with E-state index in [0.717, 1.165) is 36.8 Å². The van der Waals surface area contributed by atoms with Crippen LogP contribution >= 0.6 is 0 Å².